The van der Waals surface area contributed by atoms with Crippen LogP contribution in [0, 0.1) is 0 Å². The summed E-state index contributed by atoms with van der Waals surface area (Å²) in [6.07, 6.45) is -0.473. The van der Waals surface area contributed by atoms with Gasteiger partial charge in [-0.3, -0.25) is 0 Å². The zero-order valence-electron chi connectivity index (χ0n) is 29.8. The largest absolute Gasteiger partial charge is 0.455 e. The van der Waals surface area contributed by atoms with Gasteiger partial charge in [0.1, 0.15) is 17.0 Å². The summed E-state index contributed by atoms with van der Waals surface area (Å²) >= 11 is 0. The van der Waals surface area contributed by atoms with Gasteiger partial charge in [-0.2, -0.15) is 0 Å². The number of aliphatic imine (C=N–C) groups is 2. The van der Waals surface area contributed by atoms with E-state index in [1.165, 1.54) is 21.9 Å². The van der Waals surface area contributed by atoms with Gasteiger partial charge < -0.3 is 9.73 Å². The topological polar surface area (TPSA) is 49.9 Å². The molecule has 0 fully saturated rings. The van der Waals surface area contributed by atoms with Gasteiger partial charge in [-0.25, -0.2) is 9.98 Å². The summed E-state index contributed by atoms with van der Waals surface area (Å²) in [5.41, 5.74) is 9.19. The first-order valence-electron chi connectivity index (χ1n) is 18.7. The zero-order chi connectivity index (χ0) is 36.3. The third-order valence-electron chi connectivity index (χ3n) is 10.9. The molecule has 258 valence electrons. The predicted octanol–water partition coefficient (Wildman–Crippen LogP) is 12.9. The predicted molar refractivity (Wildman–Crippen MR) is 229 cm³/mol. The second kappa shape index (κ2) is 12.7. The molecule has 4 heteroatoms. The average molecular weight is 704 g/mol. The van der Waals surface area contributed by atoms with Crippen LogP contribution in [0.1, 0.15) is 22.9 Å². The van der Waals surface area contributed by atoms with Crippen LogP contribution in [-0.4, -0.2) is 11.7 Å². The first-order chi connectivity index (χ1) is 27.2. The molecule has 55 heavy (non-hydrogen) atoms. The molecule has 1 N–H and O–H groups in total. The van der Waals surface area contributed by atoms with Crippen LogP contribution in [0.2, 0.25) is 0 Å². The second-order valence-electron chi connectivity index (χ2n) is 14.2. The van der Waals surface area contributed by atoms with E-state index in [0.29, 0.717) is 5.84 Å². The van der Waals surface area contributed by atoms with Crippen molar-refractivity contribution in [2.75, 3.05) is 0 Å². The molecule has 0 saturated heterocycles. The van der Waals surface area contributed by atoms with E-state index in [4.69, 9.17) is 14.4 Å². The van der Waals surface area contributed by atoms with E-state index in [9.17, 15) is 0 Å². The minimum atomic E-state index is -0.473. The van der Waals surface area contributed by atoms with Gasteiger partial charge in [0.05, 0.1) is 0 Å². The number of fused-ring (bicyclic) bond motifs is 7. The van der Waals surface area contributed by atoms with Crippen molar-refractivity contribution in [1.29, 1.82) is 0 Å². The molecule has 1 aliphatic rings. The number of benzene rings is 9. The lowest BCUT2D eigenvalue weighted by Gasteiger charge is -2.24. The van der Waals surface area contributed by atoms with Crippen LogP contribution < -0.4 is 5.32 Å². The Bertz CT molecular complexity index is 3190. The van der Waals surface area contributed by atoms with E-state index < -0.39 is 6.17 Å². The van der Waals surface area contributed by atoms with E-state index in [1.807, 2.05) is 0 Å². The van der Waals surface area contributed by atoms with Gasteiger partial charge in [0.2, 0.25) is 0 Å². The van der Waals surface area contributed by atoms with Crippen LogP contribution in [0.4, 0.5) is 0 Å². The van der Waals surface area contributed by atoms with Crippen molar-refractivity contribution in [2.45, 2.75) is 6.17 Å². The molecule has 9 aromatic carbocycles. The number of furan rings is 1. The van der Waals surface area contributed by atoms with Crippen LogP contribution in [-0.2, 0) is 0 Å². The van der Waals surface area contributed by atoms with Crippen LogP contribution in [0.15, 0.2) is 202 Å². The molecule has 2 heterocycles. The lowest BCUT2D eigenvalue weighted by atomic mass is 9.93. The van der Waals surface area contributed by atoms with Crippen molar-refractivity contribution in [3.8, 4) is 22.3 Å². The summed E-state index contributed by atoms with van der Waals surface area (Å²) < 4.78 is 7.08. The maximum absolute atomic E-state index is 7.08. The molecule has 1 unspecified atom stereocenters. The third kappa shape index (κ3) is 5.38. The molecule has 4 nitrogen and oxygen atoms in total. The molecule has 1 atom stereocenters. The molecule has 1 aromatic heterocycles. The van der Waals surface area contributed by atoms with E-state index in [0.717, 1.165) is 77.1 Å². The highest BCUT2D eigenvalue weighted by Gasteiger charge is 2.27. The van der Waals surface area contributed by atoms with Gasteiger partial charge in [-0.1, -0.05) is 164 Å². The molecule has 0 aliphatic carbocycles. The number of nitrogens with zero attached hydrogens (tertiary/aromatic N) is 2. The number of nitrogens with one attached hydrogen (secondary N) is 1. The molecule has 0 radical (unpaired) electrons. The highest BCUT2D eigenvalue weighted by atomic mass is 16.3. The highest BCUT2D eigenvalue weighted by molar-refractivity contribution is 6.20. The molecule has 10 aromatic rings. The molecule has 0 bridgehead atoms. The summed E-state index contributed by atoms with van der Waals surface area (Å²) in [4.78, 5) is 10.6. The number of rotatable bonds is 5. The maximum atomic E-state index is 7.08. The normalized spacial score (nSPS) is 14.4. The first-order valence-corrected chi connectivity index (χ1v) is 18.7. The van der Waals surface area contributed by atoms with Gasteiger partial charge in [-0.15, -0.1) is 0 Å². The summed E-state index contributed by atoms with van der Waals surface area (Å²) in [5, 5.41) is 12.8. The standard InChI is InChI=1S/C51H33N3O/c1-2-11-32(12-3-1)38-18-10-19-39(29-38)42-27-28-45(48-46(42)44-26-25-35-15-8-9-20-43(35)47(44)55-48)51-53-49(40-23-21-33-13-4-6-16-36(33)30-40)52-50(54-51)41-24-22-34-14-5-7-17-37(34)31-41/h1-31,51H,(H,52,53,54). The van der Waals surface area contributed by atoms with Crippen LogP contribution in [0.3, 0.4) is 0 Å². The van der Waals surface area contributed by atoms with E-state index in [2.05, 4.69) is 193 Å². The summed E-state index contributed by atoms with van der Waals surface area (Å²) in [5.74, 6) is 1.44. The summed E-state index contributed by atoms with van der Waals surface area (Å²) in [7, 11) is 0. The Morgan fingerprint density at radius 2 is 1.05 bits per heavy atom. The van der Waals surface area contributed by atoms with E-state index in [-0.39, 0.29) is 0 Å². The summed E-state index contributed by atoms with van der Waals surface area (Å²) in [6, 6.07) is 66.4. The van der Waals surface area contributed by atoms with Crippen molar-refractivity contribution in [3.63, 3.8) is 0 Å². The number of hydrogen-bond acceptors (Lipinski definition) is 4. The molecule has 0 spiro atoms. The number of hydrogen-bond donors (Lipinski definition) is 1. The fourth-order valence-electron chi connectivity index (χ4n) is 8.13. The van der Waals surface area contributed by atoms with Crippen molar-refractivity contribution in [1.82, 2.24) is 5.32 Å². The molecular formula is C51H33N3O. The van der Waals surface area contributed by atoms with Crippen molar-refractivity contribution in [3.05, 3.63) is 205 Å². The lowest BCUT2D eigenvalue weighted by molar-refractivity contribution is 0.630. The van der Waals surface area contributed by atoms with Crippen molar-refractivity contribution >= 4 is 65.9 Å². The quantitative estimate of drug-likeness (QED) is 0.194. The zero-order valence-corrected chi connectivity index (χ0v) is 29.8. The SMILES string of the molecule is c1ccc(-c2cccc(-c3ccc(C4N=C(c5ccc6ccccc6c5)N=C(c5ccc6ccccc6c5)N4)c4oc5c6ccccc6ccc5c34)c2)cc1. The lowest BCUT2D eigenvalue weighted by Crippen LogP contribution is -2.33. The fourth-order valence-corrected chi connectivity index (χ4v) is 8.13. The van der Waals surface area contributed by atoms with E-state index >= 15 is 0 Å². The Balaban J connectivity index is 1.13. The molecule has 0 saturated carbocycles. The molecule has 11 rings (SSSR count). The minimum Gasteiger partial charge on any atom is -0.455 e. The Labute approximate surface area is 317 Å². The van der Waals surface area contributed by atoms with Crippen LogP contribution in [0.5, 0.6) is 0 Å². The minimum absolute atomic E-state index is 0.473. The van der Waals surface area contributed by atoms with Gasteiger partial charge in [-0.05, 0) is 73.5 Å². The van der Waals surface area contributed by atoms with Crippen molar-refractivity contribution < 1.29 is 4.42 Å². The van der Waals surface area contributed by atoms with Gasteiger partial charge in [0.15, 0.2) is 12.0 Å². The Morgan fingerprint density at radius 3 is 1.85 bits per heavy atom. The van der Waals surface area contributed by atoms with E-state index in [1.54, 1.807) is 0 Å². The molecular weight excluding hydrogens is 671 g/mol. The Morgan fingerprint density at radius 1 is 0.418 bits per heavy atom. The maximum Gasteiger partial charge on any atom is 0.159 e. The third-order valence-corrected chi connectivity index (χ3v) is 10.9. The molecule has 0 amide bonds. The summed E-state index contributed by atoms with van der Waals surface area (Å²) in [6.45, 7) is 0. The first kappa shape index (κ1) is 31.2. The van der Waals surface area contributed by atoms with Crippen LogP contribution >= 0.6 is 0 Å². The highest BCUT2D eigenvalue weighted by Crippen LogP contribution is 2.43. The fraction of sp³-hybridized carbons (Fsp3) is 0.0196. The average Bonchev–Trinajstić information content (AvgIpc) is 3.66. The molecule has 1 aliphatic heterocycles. The Kier molecular flexibility index (Phi) is 7.20. The Hall–Kier alpha value is -7.30. The van der Waals surface area contributed by atoms with Crippen LogP contribution in [0.25, 0.3) is 76.5 Å². The monoisotopic (exact) mass is 703 g/mol. The number of amidine groups is 2. The smallest absolute Gasteiger partial charge is 0.159 e. The van der Waals surface area contributed by atoms with Gasteiger partial charge in [0, 0.05) is 32.8 Å². The van der Waals surface area contributed by atoms with Gasteiger partial charge >= 0.3 is 0 Å². The van der Waals surface area contributed by atoms with Gasteiger partial charge in [0.25, 0.3) is 0 Å². The second-order valence-corrected chi connectivity index (χ2v) is 14.2. The van der Waals surface area contributed by atoms with Crippen molar-refractivity contribution in [2.24, 2.45) is 9.98 Å².